The average Bonchev–Trinajstić information content (AvgIpc) is 2.49. The van der Waals surface area contributed by atoms with Crippen LogP contribution in [0.25, 0.3) is 0 Å². The van der Waals surface area contributed by atoms with E-state index in [0.29, 0.717) is 0 Å². The molecule has 0 radical (unpaired) electrons. The highest BCUT2D eigenvalue weighted by molar-refractivity contribution is 8.00. The molecule has 2 aliphatic rings. The number of hydrogen-bond donors (Lipinski definition) is 1. The lowest BCUT2D eigenvalue weighted by Crippen LogP contribution is -2.25. The van der Waals surface area contributed by atoms with Crippen LogP contribution in [0.3, 0.4) is 0 Å². The molecule has 0 saturated heterocycles. The summed E-state index contributed by atoms with van der Waals surface area (Å²) in [4.78, 5) is 3.16. The highest BCUT2D eigenvalue weighted by Crippen LogP contribution is 2.28. The van der Waals surface area contributed by atoms with Gasteiger partial charge in [0, 0.05) is 17.6 Å². The van der Waals surface area contributed by atoms with Crippen molar-refractivity contribution in [1.29, 1.82) is 0 Å². The fourth-order valence-electron chi connectivity index (χ4n) is 0.767. The van der Waals surface area contributed by atoms with Crippen molar-refractivity contribution < 1.29 is 0 Å². The van der Waals surface area contributed by atoms with Crippen molar-refractivity contribution in [2.24, 2.45) is 0 Å². The monoisotopic (exact) mass is 128 g/mol. The van der Waals surface area contributed by atoms with Crippen LogP contribution in [0, 0.1) is 0 Å². The third kappa shape index (κ3) is 0.717. The molecule has 44 valence electrons. The Kier molecular flexibility index (Phi) is 0.981. The molecule has 0 unspecified atom stereocenters. The third-order valence-electron chi connectivity index (χ3n) is 1.39. The molecule has 8 heavy (non-hydrogen) atoms. The summed E-state index contributed by atoms with van der Waals surface area (Å²) in [7, 11) is 0. The molecule has 1 fully saturated rings. The summed E-state index contributed by atoms with van der Waals surface area (Å²) in [5.41, 5.74) is 0. The summed E-state index contributed by atoms with van der Waals surface area (Å²) in [6, 6.07) is 0.807. The van der Waals surface area contributed by atoms with E-state index in [2.05, 4.69) is 21.4 Å². The molecule has 0 aromatic rings. The molecule has 1 aliphatic heterocycles. The van der Waals surface area contributed by atoms with Gasteiger partial charge in [0.05, 0.1) is 0 Å². The van der Waals surface area contributed by atoms with Gasteiger partial charge in [0.15, 0.2) is 0 Å². The fraction of sp³-hybridized carbons (Fsp3) is 0.600. The van der Waals surface area contributed by atoms with Gasteiger partial charge in [-0.15, -0.1) is 0 Å². The Labute approximate surface area is 53.0 Å². The van der Waals surface area contributed by atoms with Crippen LogP contribution in [0.1, 0.15) is 12.8 Å². The van der Waals surface area contributed by atoms with Crippen molar-refractivity contribution in [2.45, 2.75) is 18.9 Å². The average molecular weight is 128 g/mol. The zero-order valence-corrected chi connectivity index (χ0v) is 5.32. The smallest absolute Gasteiger partial charge is 0.0459 e. The molecule has 2 nitrogen and oxygen atoms in total. The number of nitrogens with zero attached hydrogens (tertiary/aromatic N) is 1. The molecule has 0 spiro atoms. The number of hydrazine groups is 1. The molecule has 1 aliphatic carbocycles. The molecule has 0 aromatic carbocycles. The first-order chi connectivity index (χ1) is 3.97. The third-order valence-corrected chi connectivity index (χ3v) is 1.96. The van der Waals surface area contributed by atoms with Crippen molar-refractivity contribution in [1.82, 2.24) is 9.84 Å². The minimum Gasteiger partial charge on any atom is -0.302 e. The summed E-state index contributed by atoms with van der Waals surface area (Å²) in [6.45, 7) is 0. The van der Waals surface area contributed by atoms with E-state index in [9.17, 15) is 0 Å². The molecule has 1 saturated carbocycles. The highest BCUT2D eigenvalue weighted by Gasteiger charge is 2.28. The molecule has 0 amide bonds. The predicted octanol–water partition coefficient (Wildman–Crippen LogP) is 1.09. The topological polar surface area (TPSA) is 15.3 Å². The first-order valence-corrected chi connectivity index (χ1v) is 3.71. The van der Waals surface area contributed by atoms with E-state index in [1.807, 2.05) is 0 Å². The number of hydrogen-bond acceptors (Lipinski definition) is 3. The Morgan fingerprint density at radius 3 is 3.00 bits per heavy atom. The van der Waals surface area contributed by atoms with Gasteiger partial charge in [-0.3, -0.25) is 0 Å². The lowest BCUT2D eigenvalue weighted by atomic mass is 10.7. The Bertz CT molecular complexity index is 120. The molecule has 0 aromatic heterocycles. The maximum absolute atomic E-state index is 3.16. The molecular formula is C5H8N2S. The maximum Gasteiger partial charge on any atom is 0.0459 e. The zero-order valence-electron chi connectivity index (χ0n) is 4.50. The highest BCUT2D eigenvalue weighted by atomic mass is 32.2. The molecule has 1 N–H and O–H groups in total. The molecule has 3 heteroatoms. The van der Waals surface area contributed by atoms with Crippen LogP contribution in [0.2, 0.25) is 0 Å². The largest absolute Gasteiger partial charge is 0.302 e. The molecule has 2 rings (SSSR count). The number of rotatable bonds is 1. The van der Waals surface area contributed by atoms with Crippen LogP contribution < -0.4 is 4.83 Å². The second-order valence-electron chi connectivity index (χ2n) is 2.13. The summed E-state index contributed by atoms with van der Waals surface area (Å²) >= 11 is 1.65. The van der Waals surface area contributed by atoms with Crippen LogP contribution in [-0.4, -0.2) is 11.1 Å². The van der Waals surface area contributed by atoms with Gasteiger partial charge in [-0.25, -0.2) is 0 Å². The van der Waals surface area contributed by atoms with Gasteiger partial charge >= 0.3 is 0 Å². The van der Waals surface area contributed by atoms with E-state index >= 15 is 0 Å². The van der Waals surface area contributed by atoms with Crippen LogP contribution in [0.15, 0.2) is 11.6 Å². The minimum atomic E-state index is 0.807. The van der Waals surface area contributed by atoms with Gasteiger partial charge in [0.2, 0.25) is 0 Å². The standard InChI is InChI=1S/C5H8N2S/c1-2-5(1)7-3-4-8-6-7/h3-6H,1-2H2. The van der Waals surface area contributed by atoms with Gasteiger partial charge in [0.25, 0.3) is 0 Å². The van der Waals surface area contributed by atoms with Gasteiger partial charge in [-0.1, -0.05) is 0 Å². The quantitative estimate of drug-likeness (QED) is 0.532. The normalized spacial score (nSPS) is 27.2. The van der Waals surface area contributed by atoms with Gasteiger partial charge in [-0.2, -0.15) is 4.83 Å². The minimum absolute atomic E-state index is 0.807. The fourth-order valence-corrected chi connectivity index (χ4v) is 1.35. The Morgan fingerprint density at radius 2 is 2.50 bits per heavy atom. The van der Waals surface area contributed by atoms with E-state index in [-0.39, 0.29) is 0 Å². The lowest BCUT2D eigenvalue weighted by molar-refractivity contribution is 0.351. The molecule has 1 heterocycles. The Balaban J connectivity index is 1.95. The van der Waals surface area contributed by atoms with Gasteiger partial charge in [-0.05, 0) is 24.8 Å². The predicted molar refractivity (Wildman–Crippen MR) is 34.7 cm³/mol. The first kappa shape index (κ1) is 4.70. The van der Waals surface area contributed by atoms with E-state index in [0.717, 1.165) is 6.04 Å². The van der Waals surface area contributed by atoms with Crippen molar-refractivity contribution in [3.05, 3.63) is 11.6 Å². The van der Waals surface area contributed by atoms with Crippen molar-refractivity contribution in [3.8, 4) is 0 Å². The van der Waals surface area contributed by atoms with Crippen LogP contribution in [-0.2, 0) is 0 Å². The first-order valence-electron chi connectivity index (χ1n) is 2.83. The molecule has 0 bridgehead atoms. The van der Waals surface area contributed by atoms with Gasteiger partial charge < -0.3 is 5.01 Å². The van der Waals surface area contributed by atoms with Crippen LogP contribution in [0.4, 0.5) is 0 Å². The zero-order chi connectivity index (χ0) is 5.40. The summed E-state index contributed by atoms with van der Waals surface area (Å²) in [6.07, 6.45) is 4.82. The lowest BCUT2D eigenvalue weighted by Gasteiger charge is -2.11. The molecular weight excluding hydrogens is 120 g/mol. The Morgan fingerprint density at radius 1 is 1.62 bits per heavy atom. The Hall–Kier alpha value is -0.150. The van der Waals surface area contributed by atoms with Crippen molar-refractivity contribution in [2.75, 3.05) is 0 Å². The second-order valence-corrected chi connectivity index (χ2v) is 2.82. The summed E-state index contributed by atoms with van der Waals surface area (Å²) < 4.78 is 0. The summed E-state index contributed by atoms with van der Waals surface area (Å²) in [5.74, 6) is 0. The van der Waals surface area contributed by atoms with Crippen molar-refractivity contribution >= 4 is 11.9 Å². The van der Waals surface area contributed by atoms with E-state index < -0.39 is 0 Å². The van der Waals surface area contributed by atoms with Gasteiger partial charge in [0.1, 0.15) is 0 Å². The number of nitrogens with one attached hydrogen (secondary N) is 1. The van der Waals surface area contributed by atoms with E-state index in [1.165, 1.54) is 12.8 Å². The molecule has 0 atom stereocenters. The second kappa shape index (κ2) is 1.67. The summed E-state index contributed by atoms with van der Waals surface area (Å²) in [5, 5.41) is 4.24. The maximum atomic E-state index is 3.16. The SMILES string of the molecule is C1=CN(C2CC2)NS1. The van der Waals surface area contributed by atoms with Crippen LogP contribution >= 0.6 is 11.9 Å². The van der Waals surface area contributed by atoms with E-state index in [1.54, 1.807) is 11.9 Å². The van der Waals surface area contributed by atoms with Crippen molar-refractivity contribution in [3.63, 3.8) is 0 Å². The van der Waals surface area contributed by atoms with Crippen LogP contribution in [0.5, 0.6) is 0 Å². The van der Waals surface area contributed by atoms with E-state index in [4.69, 9.17) is 0 Å².